The highest BCUT2D eigenvalue weighted by Crippen LogP contribution is 2.36. The van der Waals surface area contributed by atoms with Gasteiger partial charge < -0.3 is 19.4 Å². The minimum absolute atomic E-state index is 0.151. The fraction of sp³-hybridized carbons (Fsp3) is 0.632. The Morgan fingerprint density at radius 2 is 1.56 bits per heavy atom. The van der Waals surface area contributed by atoms with Gasteiger partial charge in [0.15, 0.2) is 0 Å². The second-order valence-electron chi connectivity index (χ2n) is 8.62. The molecule has 1 aliphatic rings. The summed E-state index contributed by atoms with van der Waals surface area (Å²) in [5.74, 6) is 0. The van der Waals surface area contributed by atoms with E-state index in [0.717, 1.165) is 11.0 Å². The van der Waals surface area contributed by atoms with Crippen LogP contribution in [0.15, 0.2) is 24.3 Å². The summed E-state index contributed by atoms with van der Waals surface area (Å²) in [4.78, 5) is 11.9. The standard InChI is InChI=1S/C19H30BNO4/c1-13(21-16(22)23-17(2,3)4)14-9-11-15(12-10-14)20-24-18(5,6)19(7,8)25-20/h9-13H,1-8H3,(H,21,22)/t13-/m0/s1. The summed E-state index contributed by atoms with van der Waals surface area (Å²) in [6.07, 6.45) is -0.421. The zero-order chi connectivity index (χ0) is 19.0. The maximum absolute atomic E-state index is 11.9. The van der Waals surface area contributed by atoms with E-state index < -0.39 is 11.7 Å². The molecule has 5 nitrogen and oxygen atoms in total. The molecule has 0 unspecified atom stereocenters. The summed E-state index contributed by atoms with van der Waals surface area (Å²) in [5, 5.41) is 2.84. The maximum Gasteiger partial charge on any atom is 0.494 e. The first-order valence-electron chi connectivity index (χ1n) is 8.76. The van der Waals surface area contributed by atoms with Crippen LogP contribution in [0.2, 0.25) is 0 Å². The number of amides is 1. The average Bonchev–Trinajstić information content (AvgIpc) is 2.65. The zero-order valence-corrected chi connectivity index (χ0v) is 16.6. The van der Waals surface area contributed by atoms with Crippen LogP contribution in [0.1, 0.15) is 67.0 Å². The quantitative estimate of drug-likeness (QED) is 0.850. The lowest BCUT2D eigenvalue weighted by Gasteiger charge is -2.32. The van der Waals surface area contributed by atoms with E-state index in [0.29, 0.717) is 0 Å². The van der Waals surface area contributed by atoms with Crippen molar-refractivity contribution in [3.8, 4) is 0 Å². The molecule has 0 saturated carbocycles. The summed E-state index contributed by atoms with van der Waals surface area (Å²) in [5.41, 5.74) is 0.729. The number of ether oxygens (including phenoxy) is 1. The van der Waals surface area contributed by atoms with Gasteiger partial charge in [0, 0.05) is 0 Å². The first-order valence-corrected chi connectivity index (χ1v) is 8.76. The molecule has 1 aromatic carbocycles. The van der Waals surface area contributed by atoms with E-state index in [1.807, 2.05) is 79.7 Å². The zero-order valence-electron chi connectivity index (χ0n) is 16.6. The Bertz CT molecular complexity index is 603. The lowest BCUT2D eigenvalue weighted by Crippen LogP contribution is -2.41. The van der Waals surface area contributed by atoms with Crippen molar-refractivity contribution in [2.24, 2.45) is 0 Å². The van der Waals surface area contributed by atoms with Gasteiger partial charge in [-0.05, 0) is 66.4 Å². The topological polar surface area (TPSA) is 56.8 Å². The molecule has 1 atom stereocenters. The van der Waals surface area contributed by atoms with Gasteiger partial charge >= 0.3 is 13.2 Å². The van der Waals surface area contributed by atoms with Crippen molar-refractivity contribution in [2.45, 2.75) is 78.2 Å². The molecule has 1 amide bonds. The number of hydrogen-bond acceptors (Lipinski definition) is 4. The molecule has 0 radical (unpaired) electrons. The minimum Gasteiger partial charge on any atom is -0.444 e. The number of alkyl carbamates (subject to hydrolysis) is 1. The highest BCUT2D eigenvalue weighted by atomic mass is 16.7. The van der Waals surface area contributed by atoms with Gasteiger partial charge in [0.05, 0.1) is 17.2 Å². The third-order valence-electron chi connectivity index (χ3n) is 4.70. The minimum atomic E-state index is -0.510. The number of carbonyl (C=O) groups excluding carboxylic acids is 1. The van der Waals surface area contributed by atoms with Gasteiger partial charge in [-0.3, -0.25) is 0 Å². The Morgan fingerprint density at radius 3 is 2.00 bits per heavy atom. The van der Waals surface area contributed by atoms with Gasteiger partial charge in [0.25, 0.3) is 0 Å². The first kappa shape index (κ1) is 19.8. The van der Waals surface area contributed by atoms with Gasteiger partial charge in [0.2, 0.25) is 0 Å². The average molecular weight is 347 g/mol. The van der Waals surface area contributed by atoms with Crippen molar-refractivity contribution in [1.82, 2.24) is 5.32 Å². The Morgan fingerprint density at radius 1 is 1.08 bits per heavy atom. The van der Waals surface area contributed by atoms with Crippen molar-refractivity contribution in [3.05, 3.63) is 29.8 Å². The third kappa shape index (κ3) is 4.76. The molecule has 6 heteroatoms. The molecule has 1 saturated heterocycles. The van der Waals surface area contributed by atoms with Gasteiger partial charge in [-0.15, -0.1) is 0 Å². The van der Waals surface area contributed by atoms with E-state index in [9.17, 15) is 4.79 Å². The fourth-order valence-corrected chi connectivity index (χ4v) is 2.49. The van der Waals surface area contributed by atoms with E-state index in [-0.39, 0.29) is 24.4 Å². The fourth-order valence-electron chi connectivity index (χ4n) is 2.49. The monoisotopic (exact) mass is 347 g/mol. The lowest BCUT2D eigenvalue weighted by molar-refractivity contribution is 0.00578. The first-order chi connectivity index (χ1) is 11.3. The molecule has 0 aromatic heterocycles. The van der Waals surface area contributed by atoms with E-state index >= 15 is 0 Å². The van der Waals surface area contributed by atoms with E-state index in [4.69, 9.17) is 14.0 Å². The van der Waals surface area contributed by atoms with E-state index in [1.165, 1.54) is 0 Å². The smallest absolute Gasteiger partial charge is 0.444 e. The molecule has 25 heavy (non-hydrogen) atoms. The predicted octanol–water partition coefficient (Wildman–Crippen LogP) is 3.57. The molecule has 1 aliphatic heterocycles. The van der Waals surface area contributed by atoms with E-state index in [1.54, 1.807) is 0 Å². The molecule has 1 aromatic rings. The van der Waals surface area contributed by atoms with Crippen molar-refractivity contribution in [3.63, 3.8) is 0 Å². The third-order valence-corrected chi connectivity index (χ3v) is 4.70. The van der Waals surface area contributed by atoms with Crippen LogP contribution in [-0.2, 0) is 14.0 Å². The van der Waals surface area contributed by atoms with Crippen LogP contribution in [-0.4, -0.2) is 30.0 Å². The van der Waals surface area contributed by atoms with Crippen LogP contribution in [0, 0.1) is 0 Å². The Kier molecular flexibility index (Phi) is 5.27. The summed E-state index contributed by atoms with van der Waals surface area (Å²) >= 11 is 0. The molecule has 1 fully saturated rings. The van der Waals surface area contributed by atoms with Crippen LogP contribution in [0.5, 0.6) is 0 Å². The number of hydrogen-bond donors (Lipinski definition) is 1. The molecule has 2 rings (SSSR count). The normalized spacial score (nSPS) is 20.2. The molecule has 1 heterocycles. The van der Waals surface area contributed by atoms with Crippen molar-refractivity contribution < 1.29 is 18.8 Å². The highest BCUT2D eigenvalue weighted by Gasteiger charge is 2.51. The van der Waals surface area contributed by atoms with Crippen molar-refractivity contribution in [2.75, 3.05) is 0 Å². The Balaban J connectivity index is 2.02. The largest absolute Gasteiger partial charge is 0.494 e. The molecule has 138 valence electrons. The number of benzene rings is 1. The van der Waals surface area contributed by atoms with Gasteiger partial charge in [0.1, 0.15) is 5.60 Å². The SMILES string of the molecule is C[C@H](NC(=O)OC(C)(C)C)c1ccc(B2OC(C)(C)C(C)(C)O2)cc1. The summed E-state index contributed by atoms with van der Waals surface area (Å²) < 4.78 is 17.4. The summed E-state index contributed by atoms with van der Waals surface area (Å²) in [7, 11) is -0.381. The molecule has 0 bridgehead atoms. The second kappa shape index (κ2) is 6.65. The van der Waals surface area contributed by atoms with E-state index in [2.05, 4.69) is 5.32 Å². The summed E-state index contributed by atoms with van der Waals surface area (Å²) in [6.45, 7) is 15.6. The van der Waals surface area contributed by atoms with Gasteiger partial charge in [-0.25, -0.2) is 4.79 Å². The van der Waals surface area contributed by atoms with Crippen LogP contribution in [0.3, 0.4) is 0 Å². The highest BCUT2D eigenvalue weighted by molar-refractivity contribution is 6.62. The second-order valence-corrected chi connectivity index (χ2v) is 8.62. The van der Waals surface area contributed by atoms with Crippen LogP contribution < -0.4 is 10.8 Å². The van der Waals surface area contributed by atoms with Crippen LogP contribution in [0.25, 0.3) is 0 Å². The van der Waals surface area contributed by atoms with Gasteiger partial charge in [-0.2, -0.15) is 0 Å². The number of nitrogens with one attached hydrogen (secondary N) is 1. The van der Waals surface area contributed by atoms with Crippen molar-refractivity contribution in [1.29, 1.82) is 0 Å². The van der Waals surface area contributed by atoms with Crippen molar-refractivity contribution >= 4 is 18.7 Å². The molecular formula is C19H30BNO4. The number of rotatable bonds is 3. The molecule has 1 N–H and O–H groups in total. The van der Waals surface area contributed by atoms with Crippen LogP contribution >= 0.6 is 0 Å². The summed E-state index contributed by atoms with van der Waals surface area (Å²) in [6, 6.07) is 7.75. The Hall–Kier alpha value is -1.53. The maximum atomic E-state index is 11.9. The molecular weight excluding hydrogens is 317 g/mol. The van der Waals surface area contributed by atoms with Gasteiger partial charge in [-0.1, -0.05) is 24.3 Å². The molecule has 0 aliphatic carbocycles. The number of carbonyl (C=O) groups is 1. The Labute approximate surface area is 151 Å². The predicted molar refractivity (Wildman–Crippen MR) is 99.9 cm³/mol. The van der Waals surface area contributed by atoms with Crippen LogP contribution in [0.4, 0.5) is 4.79 Å². The lowest BCUT2D eigenvalue weighted by atomic mass is 9.78. The molecule has 0 spiro atoms.